The van der Waals surface area contributed by atoms with Gasteiger partial charge in [0.25, 0.3) is 17.5 Å². The van der Waals surface area contributed by atoms with Crippen LogP contribution in [0.4, 0.5) is 5.69 Å². The quantitative estimate of drug-likeness (QED) is 0.278. The molecule has 0 aliphatic carbocycles. The summed E-state index contributed by atoms with van der Waals surface area (Å²) >= 11 is 0. The van der Waals surface area contributed by atoms with Gasteiger partial charge in [0.05, 0.1) is 22.1 Å². The molecule has 126 valence electrons. The van der Waals surface area contributed by atoms with Crippen molar-refractivity contribution in [3.8, 4) is 5.75 Å². The second-order valence-electron chi connectivity index (χ2n) is 5.38. The van der Waals surface area contributed by atoms with Crippen LogP contribution in [0.1, 0.15) is 27.6 Å². The van der Waals surface area contributed by atoms with Crippen LogP contribution in [0.5, 0.6) is 5.75 Å². The fourth-order valence-electron chi connectivity index (χ4n) is 2.53. The molecule has 2 amide bonds. The lowest BCUT2D eigenvalue weighted by atomic mass is 10.1. The minimum atomic E-state index is -1.17. The average Bonchev–Trinajstić information content (AvgIpc) is 2.86. The molecule has 8 nitrogen and oxygen atoms in total. The molecule has 2 aromatic carbocycles. The van der Waals surface area contributed by atoms with Crippen molar-refractivity contribution in [2.45, 2.75) is 13.0 Å². The molecule has 1 aliphatic rings. The lowest BCUT2D eigenvalue weighted by Crippen LogP contribution is -2.44. The van der Waals surface area contributed by atoms with Gasteiger partial charge in [-0.3, -0.25) is 24.6 Å². The maximum absolute atomic E-state index is 12.4. The van der Waals surface area contributed by atoms with Crippen LogP contribution < -0.4 is 4.74 Å². The molecule has 0 saturated heterocycles. The zero-order chi connectivity index (χ0) is 18.1. The number of benzene rings is 2. The van der Waals surface area contributed by atoms with Gasteiger partial charge in [-0.05, 0) is 25.1 Å². The topological polar surface area (TPSA) is 107 Å². The SMILES string of the molecule is C[C@H](C(=O)Oc1cccc([N+](=O)[O-])c1)N1C(=O)c2ccccc2C1=O. The van der Waals surface area contributed by atoms with Crippen LogP contribution in [0.3, 0.4) is 0 Å². The van der Waals surface area contributed by atoms with Crippen LogP contribution in [-0.2, 0) is 4.79 Å². The zero-order valence-electron chi connectivity index (χ0n) is 13.0. The molecule has 2 aromatic rings. The number of carbonyl (C=O) groups is 3. The van der Waals surface area contributed by atoms with Crippen LogP contribution in [0, 0.1) is 10.1 Å². The van der Waals surface area contributed by atoms with Crippen LogP contribution >= 0.6 is 0 Å². The van der Waals surface area contributed by atoms with E-state index in [1.807, 2.05) is 0 Å². The second-order valence-corrected chi connectivity index (χ2v) is 5.38. The smallest absolute Gasteiger partial charge is 0.334 e. The normalized spacial score (nSPS) is 14.2. The Morgan fingerprint density at radius 3 is 2.24 bits per heavy atom. The molecule has 0 fully saturated rings. The first-order chi connectivity index (χ1) is 11.9. The second kappa shape index (κ2) is 6.16. The van der Waals surface area contributed by atoms with Gasteiger partial charge >= 0.3 is 5.97 Å². The third-order valence-electron chi connectivity index (χ3n) is 3.80. The molecule has 1 atom stereocenters. The molecule has 25 heavy (non-hydrogen) atoms. The molecule has 0 unspecified atom stereocenters. The van der Waals surface area contributed by atoms with Crippen molar-refractivity contribution in [1.82, 2.24) is 4.90 Å². The largest absolute Gasteiger partial charge is 0.425 e. The first kappa shape index (κ1) is 16.3. The lowest BCUT2D eigenvalue weighted by Gasteiger charge is -2.20. The number of rotatable bonds is 4. The highest BCUT2D eigenvalue weighted by Gasteiger charge is 2.41. The first-order valence-electron chi connectivity index (χ1n) is 7.33. The Labute approximate surface area is 141 Å². The van der Waals surface area contributed by atoms with E-state index in [4.69, 9.17) is 4.74 Å². The van der Waals surface area contributed by atoms with Gasteiger partial charge in [0.15, 0.2) is 0 Å². The van der Waals surface area contributed by atoms with Gasteiger partial charge in [0, 0.05) is 6.07 Å². The number of amides is 2. The van der Waals surface area contributed by atoms with E-state index in [1.165, 1.54) is 37.3 Å². The standard InChI is InChI=1S/C17H12N2O6/c1-10(17(22)25-12-6-4-5-11(9-12)19(23)24)18-15(20)13-7-2-3-8-14(13)16(18)21/h2-10H,1H3/t10-/m1/s1. The highest BCUT2D eigenvalue weighted by molar-refractivity contribution is 6.22. The van der Waals surface area contributed by atoms with E-state index < -0.39 is 28.7 Å². The molecular formula is C17H12N2O6. The third-order valence-corrected chi connectivity index (χ3v) is 3.80. The van der Waals surface area contributed by atoms with E-state index >= 15 is 0 Å². The van der Waals surface area contributed by atoms with E-state index in [-0.39, 0.29) is 22.6 Å². The summed E-state index contributed by atoms with van der Waals surface area (Å²) in [5.74, 6) is -2.06. The fraction of sp³-hybridized carbons (Fsp3) is 0.118. The van der Waals surface area contributed by atoms with E-state index in [0.717, 1.165) is 11.0 Å². The van der Waals surface area contributed by atoms with Gasteiger partial charge < -0.3 is 4.74 Å². The van der Waals surface area contributed by atoms with Crippen LogP contribution in [0.15, 0.2) is 48.5 Å². The summed E-state index contributed by atoms with van der Waals surface area (Å²) in [5.41, 5.74) is 0.212. The number of imide groups is 1. The predicted octanol–water partition coefficient (Wildman–Crippen LogP) is 2.18. The minimum Gasteiger partial charge on any atom is -0.425 e. The monoisotopic (exact) mass is 340 g/mol. The maximum Gasteiger partial charge on any atom is 0.334 e. The highest BCUT2D eigenvalue weighted by atomic mass is 16.6. The van der Waals surface area contributed by atoms with Gasteiger partial charge in [0.1, 0.15) is 11.8 Å². The van der Waals surface area contributed by atoms with Crippen LogP contribution in [0.25, 0.3) is 0 Å². The number of carbonyl (C=O) groups excluding carboxylic acids is 3. The van der Waals surface area contributed by atoms with E-state index in [9.17, 15) is 24.5 Å². The molecule has 0 spiro atoms. The van der Waals surface area contributed by atoms with Gasteiger partial charge in [-0.25, -0.2) is 4.79 Å². The number of hydrogen-bond acceptors (Lipinski definition) is 6. The predicted molar refractivity (Wildman–Crippen MR) is 85.1 cm³/mol. The molecule has 1 heterocycles. The summed E-state index contributed by atoms with van der Waals surface area (Å²) < 4.78 is 5.09. The van der Waals surface area contributed by atoms with Crippen LogP contribution in [-0.4, -0.2) is 33.6 Å². The van der Waals surface area contributed by atoms with Crippen molar-refractivity contribution in [3.63, 3.8) is 0 Å². The Balaban J connectivity index is 1.80. The first-order valence-corrected chi connectivity index (χ1v) is 7.33. The van der Waals surface area contributed by atoms with E-state index in [2.05, 4.69) is 0 Å². The third kappa shape index (κ3) is 2.85. The number of nitrogens with zero attached hydrogens (tertiary/aromatic N) is 2. The molecule has 0 saturated carbocycles. The number of fused-ring (bicyclic) bond motifs is 1. The highest BCUT2D eigenvalue weighted by Crippen LogP contribution is 2.26. The van der Waals surface area contributed by atoms with Crippen molar-refractivity contribution >= 4 is 23.5 Å². The number of non-ortho nitro benzene ring substituents is 1. The number of ether oxygens (including phenoxy) is 1. The van der Waals surface area contributed by atoms with Crippen LogP contribution in [0.2, 0.25) is 0 Å². The Kier molecular flexibility index (Phi) is 4.02. The van der Waals surface area contributed by atoms with Crippen molar-refractivity contribution in [2.24, 2.45) is 0 Å². The minimum absolute atomic E-state index is 0.0392. The molecule has 0 N–H and O–H groups in total. The van der Waals surface area contributed by atoms with Gasteiger partial charge in [0.2, 0.25) is 0 Å². The Morgan fingerprint density at radius 2 is 1.68 bits per heavy atom. The van der Waals surface area contributed by atoms with Gasteiger partial charge in [-0.15, -0.1) is 0 Å². The Bertz CT molecular complexity index is 873. The fourth-order valence-corrected chi connectivity index (χ4v) is 2.53. The average molecular weight is 340 g/mol. The number of hydrogen-bond donors (Lipinski definition) is 0. The number of nitro groups is 1. The summed E-state index contributed by atoms with van der Waals surface area (Å²) in [6.45, 7) is 1.36. The molecule has 8 heteroatoms. The molecule has 3 rings (SSSR count). The van der Waals surface area contributed by atoms with Crippen molar-refractivity contribution in [3.05, 3.63) is 69.8 Å². The Hall–Kier alpha value is -3.55. The molecule has 0 radical (unpaired) electrons. The molecule has 1 aliphatic heterocycles. The Morgan fingerprint density at radius 1 is 1.08 bits per heavy atom. The summed E-state index contributed by atoms with van der Waals surface area (Å²) in [6.07, 6.45) is 0. The molecular weight excluding hydrogens is 328 g/mol. The van der Waals surface area contributed by atoms with Crippen molar-refractivity contribution in [1.29, 1.82) is 0 Å². The molecule has 0 aromatic heterocycles. The maximum atomic E-state index is 12.4. The number of esters is 1. The number of nitro benzene ring substituents is 1. The van der Waals surface area contributed by atoms with Crippen molar-refractivity contribution < 1.29 is 24.0 Å². The van der Waals surface area contributed by atoms with E-state index in [0.29, 0.717) is 0 Å². The summed E-state index contributed by atoms with van der Waals surface area (Å²) in [4.78, 5) is 48.0. The molecule has 0 bridgehead atoms. The summed E-state index contributed by atoms with van der Waals surface area (Å²) in [6, 6.07) is 10.2. The van der Waals surface area contributed by atoms with Gasteiger partial charge in [-0.1, -0.05) is 18.2 Å². The lowest BCUT2D eigenvalue weighted by molar-refractivity contribution is -0.384. The van der Waals surface area contributed by atoms with E-state index in [1.54, 1.807) is 12.1 Å². The zero-order valence-corrected chi connectivity index (χ0v) is 13.0. The van der Waals surface area contributed by atoms with Crippen molar-refractivity contribution in [2.75, 3.05) is 0 Å². The van der Waals surface area contributed by atoms with Gasteiger partial charge in [-0.2, -0.15) is 0 Å². The summed E-state index contributed by atoms with van der Waals surface area (Å²) in [5, 5.41) is 10.8. The summed E-state index contributed by atoms with van der Waals surface area (Å²) in [7, 11) is 0.